The van der Waals surface area contributed by atoms with Crippen molar-refractivity contribution < 1.29 is 0 Å². The van der Waals surface area contributed by atoms with Crippen molar-refractivity contribution in [2.45, 2.75) is 71.9 Å². The molecule has 1 rings (SSSR count). The van der Waals surface area contributed by atoms with Crippen molar-refractivity contribution in [1.82, 2.24) is 10.2 Å². The van der Waals surface area contributed by atoms with Crippen LogP contribution < -0.4 is 5.32 Å². The number of hydrogen-bond donors (Lipinski definition) is 1. The monoisotopic (exact) mass is 240 g/mol. The lowest BCUT2D eigenvalue weighted by molar-refractivity contribution is 0.197. The molecule has 2 nitrogen and oxygen atoms in total. The molecule has 0 saturated heterocycles. The second-order valence-electron chi connectivity index (χ2n) is 6.63. The van der Waals surface area contributed by atoms with Crippen molar-refractivity contribution in [3.63, 3.8) is 0 Å². The van der Waals surface area contributed by atoms with Crippen LogP contribution in [0.15, 0.2) is 0 Å². The van der Waals surface area contributed by atoms with E-state index in [1.54, 1.807) is 0 Å². The third kappa shape index (κ3) is 5.39. The van der Waals surface area contributed by atoms with Gasteiger partial charge in [0.25, 0.3) is 0 Å². The molecule has 17 heavy (non-hydrogen) atoms. The van der Waals surface area contributed by atoms with Gasteiger partial charge in [-0.2, -0.15) is 0 Å². The van der Waals surface area contributed by atoms with Crippen LogP contribution in [0.25, 0.3) is 0 Å². The molecule has 1 fully saturated rings. The standard InChI is InChI=1S/C15H32N2/c1-6-13(2)17(5)12-11-16-14-7-9-15(3,4)10-8-14/h13-14,16H,6-12H2,1-5H3. The van der Waals surface area contributed by atoms with E-state index >= 15 is 0 Å². The van der Waals surface area contributed by atoms with Gasteiger partial charge in [0.2, 0.25) is 0 Å². The van der Waals surface area contributed by atoms with Crippen molar-refractivity contribution in [1.29, 1.82) is 0 Å². The van der Waals surface area contributed by atoms with Crippen molar-refractivity contribution in [2.24, 2.45) is 5.41 Å². The van der Waals surface area contributed by atoms with Crippen molar-refractivity contribution >= 4 is 0 Å². The molecule has 0 heterocycles. The zero-order valence-corrected chi connectivity index (χ0v) is 12.6. The SMILES string of the molecule is CCC(C)N(C)CCNC1CCC(C)(C)CC1. The molecule has 0 aliphatic heterocycles. The second-order valence-corrected chi connectivity index (χ2v) is 6.63. The summed E-state index contributed by atoms with van der Waals surface area (Å²) in [5, 5.41) is 3.73. The minimum atomic E-state index is 0.589. The van der Waals surface area contributed by atoms with E-state index in [0.717, 1.165) is 12.6 Å². The van der Waals surface area contributed by atoms with Crippen LogP contribution in [0.5, 0.6) is 0 Å². The summed E-state index contributed by atoms with van der Waals surface area (Å²) in [6, 6.07) is 1.48. The predicted octanol–water partition coefficient (Wildman–Crippen LogP) is 3.28. The zero-order chi connectivity index (χ0) is 12.9. The summed E-state index contributed by atoms with van der Waals surface area (Å²) in [5.74, 6) is 0. The Morgan fingerprint density at radius 1 is 1.29 bits per heavy atom. The third-order valence-corrected chi connectivity index (χ3v) is 4.58. The highest BCUT2D eigenvalue weighted by Crippen LogP contribution is 2.34. The molecule has 1 N–H and O–H groups in total. The molecule has 1 aliphatic rings. The van der Waals surface area contributed by atoms with Crippen molar-refractivity contribution in [3.05, 3.63) is 0 Å². The number of hydrogen-bond acceptors (Lipinski definition) is 2. The van der Waals surface area contributed by atoms with E-state index in [9.17, 15) is 0 Å². The summed E-state index contributed by atoms with van der Waals surface area (Å²) < 4.78 is 0. The first-order valence-corrected chi connectivity index (χ1v) is 7.38. The first-order valence-electron chi connectivity index (χ1n) is 7.38. The maximum atomic E-state index is 3.73. The van der Waals surface area contributed by atoms with E-state index < -0.39 is 0 Å². The Bertz CT molecular complexity index is 203. The highest BCUT2D eigenvalue weighted by molar-refractivity contribution is 4.82. The second kappa shape index (κ2) is 6.75. The van der Waals surface area contributed by atoms with Gasteiger partial charge in [0.1, 0.15) is 0 Å². The molecule has 102 valence electrons. The zero-order valence-electron chi connectivity index (χ0n) is 12.6. The van der Waals surface area contributed by atoms with Crippen LogP contribution in [0.1, 0.15) is 59.8 Å². The molecule has 0 aromatic heterocycles. The Hall–Kier alpha value is -0.0800. The van der Waals surface area contributed by atoms with Crippen LogP contribution in [0, 0.1) is 5.41 Å². The fourth-order valence-electron chi connectivity index (χ4n) is 2.58. The molecule has 1 aliphatic carbocycles. The highest BCUT2D eigenvalue weighted by atomic mass is 15.1. The van der Waals surface area contributed by atoms with Gasteiger partial charge in [0.15, 0.2) is 0 Å². The van der Waals surface area contributed by atoms with Gasteiger partial charge in [-0.05, 0) is 51.5 Å². The molecular weight excluding hydrogens is 208 g/mol. The molecule has 0 bridgehead atoms. The Labute approximate surface area is 108 Å². The molecule has 0 aromatic rings. The highest BCUT2D eigenvalue weighted by Gasteiger charge is 2.26. The Balaban J connectivity index is 2.12. The van der Waals surface area contributed by atoms with Crippen LogP contribution in [0.4, 0.5) is 0 Å². The van der Waals surface area contributed by atoms with Crippen LogP contribution in [-0.2, 0) is 0 Å². The summed E-state index contributed by atoms with van der Waals surface area (Å²) in [6.07, 6.45) is 6.73. The molecule has 1 saturated carbocycles. The lowest BCUT2D eigenvalue weighted by Gasteiger charge is -2.35. The quantitative estimate of drug-likeness (QED) is 0.766. The number of likely N-dealkylation sites (N-methyl/N-ethyl adjacent to an activating group) is 1. The lowest BCUT2D eigenvalue weighted by atomic mass is 9.75. The van der Waals surface area contributed by atoms with E-state index in [2.05, 4.69) is 45.0 Å². The maximum Gasteiger partial charge on any atom is 0.0107 e. The molecule has 0 amide bonds. The van der Waals surface area contributed by atoms with Gasteiger partial charge in [-0.25, -0.2) is 0 Å². The average Bonchev–Trinajstić information content (AvgIpc) is 2.30. The Kier molecular flexibility index (Phi) is 5.94. The molecule has 1 unspecified atom stereocenters. The van der Waals surface area contributed by atoms with Crippen LogP contribution >= 0.6 is 0 Å². The lowest BCUT2D eigenvalue weighted by Crippen LogP contribution is -2.41. The molecular formula is C15H32N2. The predicted molar refractivity (Wildman–Crippen MR) is 76.4 cm³/mol. The molecule has 2 heteroatoms. The van der Waals surface area contributed by atoms with Crippen molar-refractivity contribution in [3.8, 4) is 0 Å². The van der Waals surface area contributed by atoms with Gasteiger partial charge in [-0.15, -0.1) is 0 Å². The van der Waals surface area contributed by atoms with E-state index in [1.807, 2.05) is 0 Å². The van der Waals surface area contributed by atoms with Crippen LogP contribution in [0.3, 0.4) is 0 Å². The first kappa shape index (κ1) is 15.0. The van der Waals surface area contributed by atoms with Gasteiger partial charge in [0.05, 0.1) is 0 Å². The van der Waals surface area contributed by atoms with E-state index in [4.69, 9.17) is 0 Å². The van der Waals surface area contributed by atoms with Gasteiger partial charge in [-0.3, -0.25) is 0 Å². The summed E-state index contributed by atoms with van der Waals surface area (Å²) in [7, 11) is 2.24. The topological polar surface area (TPSA) is 15.3 Å². The molecule has 1 atom stereocenters. The van der Waals surface area contributed by atoms with Gasteiger partial charge < -0.3 is 10.2 Å². The van der Waals surface area contributed by atoms with Crippen LogP contribution in [0.2, 0.25) is 0 Å². The summed E-state index contributed by atoms with van der Waals surface area (Å²) in [4.78, 5) is 2.46. The Morgan fingerprint density at radius 2 is 1.88 bits per heavy atom. The molecule has 0 aromatic carbocycles. The van der Waals surface area contributed by atoms with E-state index in [1.165, 1.54) is 38.6 Å². The number of nitrogens with zero attached hydrogens (tertiary/aromatic N) is 1. The average molecular weight is 240 g/mol. The van der Waals surface area contributed by atoms with E-state index in [0.29, 0.717) is 11.5 Å². The minimum Gasteiger partial charge on any atom is -0.313 e. The van der Waals surface area contributed by atoms with Crippen molar-refractivity contribution in [2.75, 3.05) is 20.1 Å². The minimum absolute atomic E-state index is 0.589. The fourth-order valence-corrected chi connectivity index (χ4v) is 2.58. The van der Waals surface area contributed by atoms with Gasteiger partial charge in [-0.1, -0.05) is 20.8 Å². The maximum absolute atomic E-state index is 3.73. The third-order valence-electron chi connectivity index (χ3n) is 4.58. The van der Waals surface area contributed by atoms with Gasteiger partial charge in [0, 0.05) is 25.2 Å². The summed E-state index contributed by atoms with van der Waals surface area (Å²) in [5.41, 5.74) is 0.589. The number of nitrogens with one attached hydrogen (secondary N) is 1. The van der Waals surface area contributed by atoms with E-state index in [-0.39, 0.29) is 0 Å². The largest absolute Gasteiger partial charge is 0.313 e. The van der Waals surface area contributed by atoms with Gasteiger partial charge >= 0.3 is 0 Å². The molecule has 0 radical (unpaired) electrons. The summed E-state index contributed by atoms with van der Waals surface area (Å²) >= 11 is 0. The smallest absolute Gasteiger partial charge is 0.0107 e. The summed E-state index contributed by atoms with van der Waals surface area (Å²) in [6.45, 7) is 11.7. The fraction of sp³-hybridized carbons (Fsp3) is 1.00. The molecule has 0 spiro atoms. The van der Waals surface area contributed by atoms with Crippen LogP contribution in [-0.4, -0.2) is 37.1 Å². The Morgan fingerprint density at radius 3 is 2.41 bits per heavy atom. The normalized spacial score (nSPS) is 22.9. The first-order chi connectivity index (χ1) is 7.94. The number of rotatable bonds is 6.